The van der Waals surface area contributed by atoms with Gasteiger partial charge >= 0.3 is 6.18 Å². The molecular weight excluding hydrogens is 429 g/mol. The molecule has 3 heterocycles. The summed E-state index contributed by atoms with van der Waals surface area (Å²) >= 11 is 7.02. The Labute approximate surface area is 170 Å². The number of aryl methyl sites for hydroxylation is 1. The van der Waals surface area contributed by atoms with Gasteiger partial charge in [0.05, 0.1) is 11.4 Å². The summed E-state index contributed by atoms with van der Waals surface area (Å²) < 4.78 is 41.9. The standard InChI is InChI=1S/C17H12ClF3N6OS/c1-26-15-10(13(24-26)17(19,20)21)6-12(29-15)14(28)23-16-22-8-27(25-16)7-9-4-2-3-5-11(9)18/h2-6,8H,7H2,1H3,(H,23,25,28). The first kappa shape index (κ1) is 19.4. The first-order valence-corrected chi connectivity index (χ1v) is 9.40. The summed E-state index contributed by atoms with van der Waals surface area (Å²) in [5.41, 5.74) is -0.193. The van der Waals surface area contributed by atoms with Crippen LogP contribution in [0.3, 0.4) is 0 Å². The molecule has 0 bridgehead atoms. The van der Waals surface area contributed by atoms with E-state index in [1.165, 1.54) is 24.1 Å². The van der Waals surface area contributed by atoms with Crippen LogP contribution in [0.4, 0.5) is 19.1 Å². The Balaban J connectivity index is 1.53. The van der Waals surface area contributed by atoms with E-state index in [2.05, 4.69) is 20.5 Å². The number of hydrogen-bond donors (Lipinski definition) is 1. The van der Waals surface area contributed by atoms with Crippen LogP contribution in [0, 0.1) is 0 Å². The molecule has 3 aromatic heterocycles. The fraction of sp³-hybridized carbons (Fsp3) is 0.176. The Morgan fingerprint density at radius 2 is 2.03 bits per heavy atom. The quantitative estimate of drug-likeness (QED) is 0.516. The zero-order valence-corrected chi connectivity index (χ0v) is 16.3. The van der Waals surface area contributed by atoms with Crippen LogP contribution in [0.15, 0.2) is 36.7 Å². The summed E-state index contributed by atoms with van der Waals surface area (Å²) in [4.78, 5) is 16.8. The molecule has 1 N–H and O–H groups in total. The summed E-state index contributed by atoms with van der Waals surface area (Å²) in [7, 11) is 1.40. The minimum absolute atomic E-state index is 0.0358. The molecule has 0 saturated heterocycles. The minimum Gasteiger partial charge on any atom is -0.288 e. The number of carbonyl (C=O) groups excluding carboxylic acids is 1. The highest BCUT2D eigenvalue weighted by Crippen LogP contribution is 2.37. The molecule has 12 heteroatoms. The van der Waals surface area contributed by atoms with Gasteiger partial charge in [0.2, 0.25) is 5.95 Å². The second-order valence-electron chi connectivity index (χ2n) is 6.11. The summed E-state index contributed by atoms with van der Waals surface area (Å²) in [6.45, 7) is 0.353. The van der Waals surface area contributed by atoms with Crippen molar-refractivity contribution < 1.29 is 18.0 Å². The third kappa shape index (κ3) is 3.83. The van der Waals surface area contributed by atoms with Crippen molar-refractivity contribution in [2.24, 2.45) is 7.05 Å². The molecule has 0 unspecified atom stereocenters. The van der Waals surface area contributed by atoms with Crippen LogP contribution in [0.5, 0.6) is 0 Å². The second kappa shape index (κ2) is 7.16. The van der Waals surface area contributed by atoms with Gasteiger partial charge in [0.1, 0.15) is 11.2 Å². The van der Waals surface area contributed by atoms with Gasteiger partial charge in [0, 0.05) is 17.5 Å². The molecule has 4 aromatic rings. The lowest BCUT2D eigenvalue weighted by molar-refractivity contribution is -0.140. The molecule has 29 heavy (non-hydrogen) atoms. The number of anilines is 1. The minimum atomic E-state index is -4.60. The maximum atomic E-state index is 13.1. The lowest BCUT2D eigenvalue weighted by Crippen LogP contribution is -2.12. The summed E-state index contributed by atoms with van der Waals surface area (Å²) in [6, 6.07) is 8.41. The molecule has 7 nitrogen and oxygen atoms in total. The SMILES string of the molecule is Cn1nc(C(F)(F)F)c2cc(C(=O)Nc3ncn(Cc4ccccc4Cl)n3)sc21. The van der Waals surface area contributed by atoms with E-state index in [1.807, 2.05) is 18.2 Å². The Kier molecular flexibility index (Phi) is 4.79. The van der Waals surface area contributed by atoms with Crippen molar-refractivity contribution in [1.29, 1.82) is 0 Å². The van der Waals surface area contributed by atoms with Crippen LogP contribution in [-0.2, 0) is 19.8 Å². The van der Waals surface area contributed by atoms with Gasteiger partial charge in [-0.05, 0) is 17.7 Å². The summed E-state index contributed by atoms with van der Waals surface area (Å²) in [5, 5.41) is 10.6. The zero-order valence-electron chi connectivity index (χ0n) is 14.7. The lowest BCUT2D eigenvalue weighted by atomic mass is 10.2. The molecule has 0 spiro atoms. The largest absolute Gasteiger partial charge is 0.435 e. The predicted octanol–water partition coefficient (Wildman–Crippen LogP) is 4.20. The van der Waals surface area contributed by atoms with Crippen LogP contribution >= 0.6 is 22.9 Å². The lowest BCUT2D eigenvalue weighted by Gasteiger charge is -2.03. The molecule has 0 aliphatic rings. The van der Waals surface area contributed by atoms with Crippen LogP contribution in [0.2, 0.25) is 5.02 Å². The van der Waals surface area contributed by atoms with E-state index in [0.717, 1.165) is 21.6 Å². The van der Waals surface area contributed by atoms with Crippen molar-refractivity contribution in [2.75, 3.05) is 5.32 Å². The number of carbonyl (C=O) groups is 1. The van der Waals surface area contributed by atoms with Gasteiger partial charge < -0.3 is 0 Å². The first-order chi connectivity index (χ1) is 13.7. The number of hydrogen-bond acceptors (Lipinski definition) is 5. The Hall–Kier alpha value is -2.92. The maximum absolute atomic E-state index is 13.1. The molecule has 0 radical (unpaired) electrons. The molecule has 1 aromatic carbocycles. The van der Waals surface area contributed by atoms with E-state index >= 15 is 0 Å². The third-order valence-electron chi connectivity index (χ3n) is 4.06. The molecular formula is C17H12ClF3N6OS. The predicted molar refractivity (Wildman–Crippen MR) is 102 cm³/mol. The van der Waals surface area contributed by atoms with Crippen molar-refractivity contribution in [3.63, 3.8) is 0 Å². The summed E-state index contributed by atoms with van der Waals surface area (Å²) in [5.74, 6) is -0.566. The maximum Gasteiger partial charge on any atom is 0.435 e. The van der Waals surface area contributed by atoms with Gasteiger partial charge in [0.25, 0.3) is 5.91 Å². The number of benzene rings is 1. The number of thiophene rings is 1. The van der Waals surface area contributed by atoms with Crippen LogP contribution in [0.25, 0.3) is 10.2 Å². The first-order valence-electron chi connectivity index (χ1n) is 8.20. The Bertz CT molecular complexity index is 1210. The van der Waals surface area contributed by atoms with E-state index in [9.17, 15) is 18.0 Å². The number of aromatic nitrogens is 5. The topological polar surface area (TPSA) is 77.6 Å². The zero-order chi connectivity index (χ0) is 20.8. The van der Waals surface area contributed by atoms with Crippen molar-refractivity contribution in [1.82, 2.24) is 24.5 Å². The number of halogens is 4. The van der Waals surface area contributed by atoms with Crippen LogP contribution in [0.1, 0.15) is 20.9 Å². The monoisotopic (exact) mass is 440 g/mol. The highest BCUT2D eigenvalue weighted by atomic mass is 35.5. The van der Waals surface area contributed by atoms with E-state index in [0.29, 0.717) is 11.6 Å². The number of amides is 1. The average Bonchev–Trinajstić information content (AvgIpc) is 3.33. The fourth-order valence-electron chi connectivity index (χ4n) is 2.75. The Morgan fingerprint density at radius 1 is 1.28 bits per heavy atom. The van der Waals surface area contributed by atoms with E-state index < -0.39 is 17.8 Å². The molecule has 0 aliphatic carbocycles. The fourth-order valence-corrected chi connectivity index (χ4v) is 3.92. The van der Waals surface area contributed by atoms with Gasteiger partial charge in [-0.3, -0.25) is 14.8 Å². The second-order valence-corrected chi connectivity index (χ2v) is 7.55. The number of fused-ring (bicyclic) bond motifs is 1. The van der Waals surface area contributed by atoms with Gasteiger partial charge in [-0.15, -0.1) is 16.4 Å². The van der Waals surface area contributed by atoms with Crippen LogP contribution < -0.4 is 5.32 Å². The molecule has 150 valence electrons. The number of rotatable bonds is 4. The number of alkyl halides is 3. The smallest absolute Gasteiger partial charge is 0.288 e. The molecule has 0 aliphatic heterocycles. The van der Waals surface area contributed by atoms with Crippen molar-refractivity contribution in [2.45, 2.75) is 12.7 Å². The summed E-state index contributed by atoms with van der Waals surface area (Å²) in [6.07, 6.45) is -3.18. The molecule has 0 atom stereocenters. The van der Waals surface area contributed by atoms with Gasteiger partial charge in [-0.1, -0.05) is 29.8 Å². The van der Waals surface area contributed by atoms with E-state index in [-0.39, 0.29) is 21.0 Å². The van der Waals surface area contributed by atoms with E-state index in [4.69, 9.17) is 11.6 Å². The van der Waals surface area contributed by atoms with Crippen molar-refractivity contribution in [3.05, 3.63) is 57.8 Å². The van der Waals surface area contributed by atoms with Gasteiger partial charge in [-0.25, -0.2) is 9.67 Å². The molecule has 4 rings (SSSR count). The van der Waals surface area contributed by atoms with Crippen molar-refractivity contribution >= 4 is 45.0 Å². The average molecular weight is 441 g/mol. The van der Waals surface area contributed by atoms with Gasteiger partial charge in [0.15, 0.2) is 5.69 Å². The highest BCUT2D eigenvalue weighted by Gasteiger charge is 2.37. The third-order valence-corrected chi connectivity index (χ3v) is 5.63. The molecule has 0 saturated carbocycles. The van der Waals surface area contributed by atoms with E-state index in [1.54, 1.807) is 6.07 Å². The van der Waals surface area contributed by atoms with Gasteiger partial charge in [-0.2, -0.15) is 18.3 Å². The molecule has 0 fully saturated rings. The Morgan fingerprint density at radius 3 is 2.76 bits per heavy atom. The number of nitrogens with zero attached hydrogens (tertiary/aromatic N) is 5. The van der Waals surface area contributed by atoms with Crippen LogP contribution in [-0.4, -0.2) is 30.5 Å². The normalized spacial score (nSPS) is 11.9. The highest BCUT2D eigenvalue weighted by molar-refractivity contribution is 7.20. The number of nitrogens with one attached hydrogen (secondary N) is 1. The van der Waals surface area contributed by atoms with Crippen molar-refractivity contribution in [3.8, 4) is 0 Å². The molecule has 1 amide bonds.